The van der Waals surface area contributed by atoms with E-state index in [-0.39, 0.29) is 30.5 Å². The van der Waals surface area contributed by atoms with Gasteiger partial charge in [0.2, 0.25) is 5.91 Å². The third-order valence-corrected chi connectivity index (χ3v) is 5.71. The van der Waals surface area contributed by atoms with E-state index < -0.39 is 4.92 Å². The van der Waals surface area contributed by atoms with Gasteiger partial charge in [-0.25, -0.2) is 0 Å². The first-order valence-corrected chi connectivity index (χ1v) is 9.99. The van der Waals surface area contributed by atoms with Gasteiger partial charge in [-0.15, -0.1) is 0 Å². The first-order chi connectivity index (χ1) is 13.8. The number of amides is 2. The summed E-state index contributed by atoms with van der Waals surface area (Å²) in [4.78, 5) is 36.7. The molecule has 0 bridgehead atoms. The minimum atomic E-state index is -0.517. The van der Waals surface area contributed by atoms with Crippen molar-refractivity contribution in [2.24, 2.45) is 0 Å². The molecule has 1 aliphatic rings. The smallest absolute Gasteiger partial charge is 0.269 e. The Hall–Kier alpha value is -2.75. The normalized spacial score (nSPS) is 15.1. The maximum absolute atomic E-state index is 12.6. The molecule has 0 radical (unpaired) electrons. The minimum absolute atomic E-state index is 0.0306. The molecular formula is C19H14ClN3O4S2. The maximum Gasteiger partial charge on any atom is 0.269 e. The highest BCUT2D eigenvalue weighted by molar-refractivity contribution is 8.26. The van der Waals surface area contributed by atoms with Gasteiger partial charge in [0.05, 0.1) is 9.83 Å². The van der Waals surface area contributed by atoms with Gasteiger partial charge in [0.1, 0.15) is 4.32 Å². The summed E-state index contributed by atoms with van der Waals surface area (Å²) in [5.74, 6) is -0.606. The summed E-state index contributed by atoms with van der Waals surface area (Å²) >= 11 is 12.6. The van der Waals surface area contributed by atoms with E-state index in [0.717, 1.165) is 11.8 Å². The second kappa shape index (κ2) is 9.17. The molecule has 3 rings (SSSR count). The Bertz CT molecular complexity index is 1020. The average Bonchev–Trinajstić information content (AvgIpc) is 2.95. The number of benzene rings is 2. The Labute approximate surface area is 180 Å². The molecule has 0 aromatic heterocycles. The van der Waals surface area contributed by atoms with Crippen LogP contribution >= 0.6 is 35.6 Å². The molecular weight excluding hydrogens is 434 g/mol. The van der Waals surface area contributed by atoms with Crippen molar-refractivity contribution < 1.29 is 14.5 Å². The Morgan fingerprint density at radius 2 is 1.93 bits per heavy atom. The number of anilines is 1. The predicted molar refractivity (Wildman–Crippen MR) is 118 cm³/mol. The van der Waals surface area contributed by atoms with E-state index in [1.54, 1.807) is 24.3 Å². The summed E-state index contributed by atoms with van der Waals surface area (Å²) in [6, 6.07) is 12.6. The topological polar surface area (TPSA) is 92.6 Å². The van der Waals surface area contributed by atoms with Crippen molar-refractivity contribution in [3.63, 3.8) is 0 Å². The number of carbonyl (C=O) groups is 2. The molecule has 29 heavy (non-hydrogen) atoms. The lowest BCUT2D eigenvalue weighted by Crippen LogP contribution is -2.31. The van der Waals surface area contributed by atoms with Gasteiger partial charge in [0.25, 0.3) is 11.6 Å². The number of non-ortho nitro benzene ring substituents is 1. The average molecular weight is 448 g/mol. The second-order valence-electron chi connectivity index (χ2n) is 5.96. The molecule has 2 aromatic carbocycles. The molecule has 1 aliphatic heterocycles. The van der Waals surface area contributed by atoms with Crippen LogP contribution in [-0.4, -0.2) is 32.5 Å². The van der Waals surface area contributed by atoms with Crippen LogP contribution in [0.1, 0.15) is 12.0 Å². The van der Waals surface area contributed by atoms with Gasteiger partial charge in [-0.1, -0.05) is 53.8 Å². The van der Waals surface area contributed by atoms with Gasteiger partial charge in [-0.3, -0.25) is 24.6 Å². The van der Waals surface area contributed by atoms with Gasteiger partial charge < -0.3 is 5.32 Å². The van der Waals surface area contributed by atoms with Crippen molar-refractivity contribution in [1.82, 2.24) is 4.90 Å². The number of thiocarbonyl (C=S) groups is 1. The van der Waals surface area contributed by atoms with Crippen molar-refractivity contribution in [3.8, 4) is 0 Å². The number of carbonyl (C=O) groups excluding carboxylic acids is 2. The number of nitro benzene ring substituents is 1. The van der Waals surface area contributed by atoms with Crippen LogP contribution in [0.15, 0.2) is 53.4 Å². The SMILES string of the molecule is O=C(CCN1C(=O)/C(=C\c2ccccc2Cl)SC1=S)Nc1ccc([N+](=O)[O-])cc1. The summed E-state index contributed by atoms with van der Waals surface area (Å²) in [5, 5.41) is 13.8. The molecule has 0 spiro atoms. The number of nitro groups is 1. The number of halogens is 1. The second-order valence-corrected chi connectivity index (χ2v) is 8.04. The van der Waals surface area contributed by atoms with Crippen LogP contribution in [0.3, 0.4) is 0 Å². The molecule has 2 amide bonds. The number of nitrogens with zero attached hydrogens (tertiary/aromatic N) is 2. The first-order valence-electron chi connectivity index (χ1n) is 8.39. The van der Waals surface area contributed by atoms with E-state index in [1.165, 1.54) is 29.2 Å². The van der Waals surface area contributed by atoms with Gasteiger partial charge in [0, 0.05) is 35.8 Å². The number of hydrogen-bond donors (Lipinski definition) is 1. The summed E-state index contributed by atoms with van der Waals surface area (Å²) in [6.45, 7) is 0.128. The molecule has 1 saturated heterocycles. The van der Waals surface area contributed by atoms with Crippen LogP contribution in [0.4, 0.5) is 11.4 Å². The van der Waals surface area contributed by atoms with E-state index in [4.69, 9.17) is 23.8 Å². The van der Waals surface area contributed by atoms with Crippen LogP contribution in [-0.2, 0) is 9.59 Å². The lowest BCUT2D eigenvalue weighted by atomic mass is 10.2. The molecule has 0 atom stereocenters. The van der Waals surface area contributed by atoms with Crippen molar-refractivity contribution in [1.29, 1.82) is 0 Å². The van der Waals surface area contributed by atoms with Crippen molar-refractivity contribution in [2.75, 3.05) is 11.9 Å². The lowest BCUT2D eigenvalue weighted by Gasteiger charge is -2.14. The van der Waals surface area contributed by atoms with Crippen LogP contribution in [0.5, 0.6) is 0 Å². The fourth-order valence-corrected chi connectivity index (χ4v) is 4.02. The molecule has 1 heterocycles. The summed E-state index contributed by atoms with van der Waals surface area (Å²) in [6.07, 6.45) is 1.71. The third-order valence-electron chi connectivity index (χ3n) is 3.99. The Balaban J connectivity index is 1.59. The third kappa shape index (κ3) is 5.20. The first kappa shape index (κ1) is 21.0. The zero-order chi connectivity index (χ0) is 21.0. The number of thioether (sulfide) groups is 1. The van der Waals surface area contributed by atoms with Crippen LogP contribution in [0, 0.1) is 10.1 Å². The van der Waals surface area contributed by atoms with Crippen LogP contribution in [0.25, 0.3) is 6.08 Å². The fraction of sp³-hybridized carbons (Fsp3) is 0.105. The van der Waals surface area contributed by atoms with Gasteiger partial charge in [0.15, 0.2) is 0 Å². The quantitative estimate of drug-likeness (QED) is 0.304. The van der Waals surface area contributed by atoms with Crippen LogP contribution < -0.4 is 5.32 Å². The standard InChI is InChI=1S/C19H14ClN3O4S2/c20-15-4-2-1-3-12(15)11-16-18(25)22(19(28)29-16)10-9-17(24)21-13-5-7-14(8-6-13)23(26)27/h1-8,11H,9-10H2,(H,21,24)/b16-11+. The largest absolute Gasteiger partial charge is 0.326 e. The lowest BCUT2D eigenvalue weighted by molar-refractivity contribution is -0.384. The Morgan fingerprint density at radius 3 is 2.59 bits per heavy atom. The van der Waals surface area contributed by atoms with Crippen molar-refractivity contribution >= 4 is 69.2 Å². The molecule has 0 saturated carbocycles. The molecule has 0 aliphatic carbocycles. The number of nitrogens with one attached hydrogen (secondary N) is 1. The molecule has 1 fully saturated rings. The van der Waals surface area contributed by atoms with Gasteiger partial charge in [-0.2, -0.15) is 0 Å². The van der Waals surface area contributed by atoms with Crippen molar-refractivity contribution in [2.45, 2.75) is 6.42 Å². The van der Waals surface area contributed by atoms with E-state index in [1.807, 2.05) is 6.07 Å². The fourth-order valence-electron chi connectivity index (χ4n) is 2.53. The summed E-state index contributed by atoms with van der Waals surface area (Å²) < 4.78 is 0.372. The van der Waals surface area contributed by atoms with E-state index in [2.05, 4.69) is 5.32 Å². The number of hydrogen-bond acceptors (Lipinski definition) is 6. The predicted octanol–water partition coefficient (Wildman–Crippen LogP) is 4.48. The Kier molecular flexibility index (Phi) is 6.63. The highest BCUT2D eigenvalue weighted by atomic mass is 35.5. The van der Waals surface area contributed by atoms with Gasteiger partial charge >= 0.3 is 0 Å². The summed E-state index contributed by atoms with van der Waals surface area (Å²) in [7, 11) is 0. The minimum Gasteiger partial charge on any atom is -0.326 e. The highest BCUT2D eigenvalue weighted by Gasteiger charge is 2.32. The molecule has 7 nitrogen and oxygen atoms in total. The maximum atomic E-state index is 12.6. The Morgan fingerprint density at radius 1 is 1.24 bits per heavy atom. The van der Waals surface area contributed by atoms with Crippen molar-refractivity contribution in [3.05, 3.63) is 74.1 Å². The number of rotatable bonds is 6. The van der Waals surface area contributed by atoms with E-state index >= 15 is 0 Å². The monoisotopic (exact) mass is 447 g/mol. The zero-order valence-electron chi connectivity index (χ0n) is 14.8. The molecule has 148 valence electrons. The van der Waals surface area contributed by atoms with E-state index in [9.17, 15) is 19.7 Å². The zero-order valence-corrected chi connectivity index (χ0v) is 17.2. The van der Waals surface area contributed by atoms with Gasteiger partial charge in [-0.05, 0) is 29.8 Å². The van der Waals surface area contributed by atoms with E-state index in [0.29, 0.717) is 25.5 Å². The highest BCUT2D eigenvalue weighted by Crippen LogP contribution is 2.33. The molecule has 0 unspecified atom stereocenters. The summed E-state index contributed by atoms with van der Waals surface area (Å²) in [5.41, 5.74) is 1.08. The molecule has 1 N–H and O–H groups in total. The molecule has 2 aromatic rings. The van der Waals surface area contributed by atoms with Crippen LogP contribution in [0.2, 0.25) is 5.02 Å². The molecule has 10 heteroatoms.